The lowest BCUT2D eigenvalue weighted by Gasteiger charge is -2.28. The van der Waals surface area contributed by atoms with Crippen molar-refractivity contribution in [2.24, 2.45) is 4.99 Å². The number of benzene rings is 3. The lowest BCUT2D eigenvalue weighted by atomic mass is 9.90. The zero-order chi connectivity index (χ0) is 26.8. The van der Waals surface area contributed by atoms with Gasteiger partial charge in [0.05, 0.1) is 29.5 Å². The predicted octanol–water partition coefficient (Wildman–Crippen LogP) is 5.39. The lowest BCUT2D eigenvalue weighted by molar-refractivity contribution is -0.139. The molecular weight excluding hydrogens is 520 g/mol. The van der Waals surface area contributed by atoms with E-state index < -0.39 is 12.0 Å². The van der Waals surface area contributed by atoms with Crippen molar-refractivity contribution in [2.45, 2.75) is 32.7 Å². The Bertz CT molecular complexity index is 1750. The van der Waals surface area contributed by atoms with E-state index in [9.17, 15) is 9.59 Å². The molecule has 0 spiro atoms. The molecule has 194 valence electrons. The van der Waals surface area contributed by atoms with Crippen LogP contribution in [0.3, 0.4) is 0 Å². The summed E-state index contributed by atoms with van der Waals surface area (Å²) in [7, 11) is 1.59. The first-order valence-corrected chi connectivity index (χ1v) is 13.7. The van der Waals surface area contributed by atoms with E-state index in [1.165, 1.54) is 11.3 Å². The second-order valence-corrected chi connectivity index (χ2v) is 10.3. The smallest absolute Gasteiger partial charge is 0.338 e. The maximum Gasteiger partial charge on any atom is 0.338 e. The summed E-state index contributed by atoms with van der Waals surface area (Å²) in [4.78, 5) is 33.0. The molecule has 0 aliphatic carbocycles. The Morgan fingerprint density at radius 3 is 2.61 bits per heavy atom. The summed E-state index contributed by atoms with van der Waals surface area (Å²) in [6.07, 6.45) is 3.11. The van der Waals surface area contributed by atoms with Crippen molar-refractivity contribution in [2.75, 3.05) is 13.7 Å². The van der Waals surface area contributed by atoms with Gasteiger partial charge in [-0.1, -0.05) is 84.8 Å². The van der Waals surface area contributed by atoms with Crippen LogP contribution in [0.4, 0.5) is 0 Å². The number of carbonyl (C=O) groups excluding carboxylic acids is 1. The molecule has 0 fully saturated rings. The Morgan fingerprint density at radius 2 is 1.87 bits per heavy atom. The van der Waals surface area contributed by atoms with Gasteiger partial charge in [0.2, 0.25) is 0 Å². The molecule has 8 heteroatoms. The predicted molar refractivity (Wildman–Crippen MR) is 152 cm³/mol. The average Bonchev–Trinajstić information content (AvgIpc) is 3.23. The monoisotopic (exact) mass is 546 g/mol. The number of fused-ring (bicyclic) bond motifs is 2. The van der Waals surface area contributed by atoms with Crippen molar-refractivity contribution < 1.29 is 14.3 Å². The van der Waals surface area contributed by atoms with Gasteiger partial charge in [-0.3, -0.25) is 9.36 Å². The van der Waals surface area contributed by atoms with Crippen LogP contribution in [0.1, 0.15) is 43.9 Å². The number of halogens is 1. The fourth-order valence-electron chi connectivity index (χ4n) is 4.86. The molecule has 0 bridgehead atoms. The molecule has 1 aliphatic heterocycles. The van der Waals surface area contributed by atoms with Gasteiger partial charge >= 0.3 is 5.97 Å². The molecule has 0 saturated heterocycles. The van der Waals surface area contributed by atoms with Crippen molar-refractivity contribution in [3.63, 3.8) is 0 Å². The standard InChI is InChI=1S/C30H27ClN2O4S/c1-4-10-22-26(29(35)37-5-2)27(25-20-13-8-6-11-18(20)15-16-23(25)36-3)33-28(34)24(38-30(33)32-22)17-19-12-7-9-14-21(19)31/h6-9,11-17,27H,4-5,10H2,1-3H3. The van der Waals surface area contributed by atoms with E-state index in [-0.39, 0.29) is 12.2 Å². The molecule has 0 saturated carbocycles. The normalized spacial score (nSPS) is 15.4. The van der Waals surface area contributed by atoms with E-state index in [0.29, 0.717) is 37.8 Å². The fourth-order valence-corrected chi connectivity index (χ4v) is 6.06. The number of allylic oxidation sites excluding steroid dienone is 1. The summed E-state index contributed by atoms with van der Waals surface area (Å²) in [5.74, 6) is 0.0917. The summed E-state index contributed by atoms with van der Waals surface area (Å²) >= 11 is 7.68. The minimum absolute atomic E-state index is 0.206. The van der Waals surface area contributed by atoms with Crippen LogP contribution >= 0.6 is 22.9 Å². The number of aromatic nitrogens is 1. The van der Waals surface area contributed by atoms with E-state index in [1.807, 2.05) is 61.5 Å². The molecule has 2 heterocycles. The van der Waals surface area contributed by atoms with Gasteiger partial charge in [0.25, 0.3) is 5.56 Å². The first kappa shape index (κ1) is 25.9. The molecule has 38 heavy (non-hydrogen) atoms. The topological polar surface area (TPSA) is 69.9 Å². The maximum absolute atomic E-state index is 14.1. The number of carbonyl (C=O) groups is 1. The molecular formula is C30H27ClN2O4S. The van der Waals surface area contributed by atoms with Crippen LogP contribution in [0.5, 0.6) is 5.75 Å². The van der Waals surface area contributed by atoms with Crippen LogP contribution in [0.15, 0.2) is 81.7 Å². The maximum atomic E-state index is 14.1. The highest BCUT2D eigenvalue weighted by Crippen LogP contribution is 2.41. The molecule has 1 aliphatic rings. The quantitative estimate of drug-likeness (QED) is 0.291. The number of nitrogens with zero attached hydrogens (tertiary/aromatic N) is 2. The lowest BCUT2D eigenvalue weighted by Crippen LogP contribution is -2.40. The Morgan fingerprint density at radius 1 is 1.11 bits per heavy atom. The summed E-state index contributed by atoms with van der Waals surface area (Å²) < 4.78 is 13.4. The molecule has 0 N–H and O–H groups in total. The van der Waals surface area contributed by atoms with Crippen LogP contribution in [0.25, 0.3) is 16.8 Å². The molecule has 4 aromatic rings. The molecule has 6 nitrogen and oxygen atoms in total. The highest BCUT2D eigenvalue weighted by molar-refractivity contribution is 7.07. The van der Waals surface area contributed by atoms with E-state index >= 15 is 0 Å². The van der Waals surface area contributed by atoms with Gasteiger partial charge in [-0.2, -0.15) is 0 Å². The van der Waals surface area contributed by atoms with Gasteiger partial charge in [-0.05, 0) is 47.9 Å². The van der Waals surface area contributed by atoms with Gasteiger partial charge in [0, 0.05) is 10.6 Å². The zero-order valence-corrected chi connectivity index (χ0v) is 22.9. The number of rotatable bonds is 7. The van der Waals surface area contributed by atoms with Crippen LogP contribution < -0.4 is 19.6 Å². The Balaban J connectivity index is 1.89. The molecule has 1 aromatic heterocycles. The second-order valence-electron chi connectivity index (χ2n) is 8.84. The SMILES string of the molecule is CCCC1=C(C(=O)OCC)C(c2c(OC)ccc3ccccc23)n2c(sc(=Cc3ccccc3Cl)c2=O)=N1. The third kappa shape index (κ3) is 4.57. The van der Waals surface area contributed by atoms with E-state index in [2.05, 4.69) is 0 Å². The number of ether oxygens (including phenoxy) is 2. The Hall–Kier alpha value is -3.68. The van der Waals surface area contributed by atoms with Crippen LogP contribution in [-0.2, 0) is 9.53 Å². The molecule has 0 amide bonds. The van der Waals surface area contributed by atoms with Crippen molar-refractivity contribution in [1.82, 2.24) is 4.57 Å². The molecule has 3 aromatic carbocycles. The average molecular weight is 547 g/mol. The van der Waals surface area contributed by atoms with Crippen molar-refractivity contribution in [3.8, 4) is 5.75 Å². The largest absolute Gasteiger partial charge is 0.496 e. The molecule has 1 unspecified atom stereocenters. The number of hydrogen-bond acceptors (Lipinski definition) is 6. The van der Waals surface area contributed by atoms with Crippen LogP contribution in [0, 0.1) is 0 Å². The number of thiazole rings is 1. The van der Waals surface area contributed by atoms with Gasteiger partial charge in [-0.25, -0.2) is 9.79 Å². The van der Waals surface area contributed by atoms with Gasteiger partial charge in [0.15, 0.2) is 4.80 Å². The number of esters is 1. The first-order valence-electron chi connectivity index (χ1n) is 12.5. The molecule has 5 rings (SSSR count). The van der Waals surface area contributed by atoms with Gasteiger partial charge in [-0.15, -0.1) is 0 Å². The minimum Gasteiger partial charge on any atom is -0.496 e. The minimum atomic E-state index is -0.777. The summed E-state index contributed by atoms with van der Waals surface area (Å²) in [5.41, 5.74) is 2.18. The molecule has 1 atom stereocenters. The fraction of sp³-hybridized carbons (Fsp3) is 0.233. The summed E-state index contributed by atoms with van der Waals surface area (Å²) in [6, 6.07) is 18.3. The highest BCUT2D eigenvalue weighted by atomic mass is 35.5. The molecule has 0 radical (unpaired) electrons. The van der Waals surface area contributed by atoms with Crippen LogP contribution in [-0.4, -0.2) is 24.3 Å². The highest BCUT2D eigenvalue weighted by Gasteiger charge is 2.37. The second kappa shape index (κ2) is 11.0. The Labute approximate surface area is 229 Å². The van der Waals surface area contributed by atoms with Crippen LogP contribution in [0.2, 0.25) is 5.02 Å². The van der Waals surface area contributed by atoms with Gasteiger partial charge in [0.1, 0.15) is 11.8 Å². The van der Waals surface area contributed by atoms with Crippen molar-refractivity contribution in [1.29, 1.82) is 0 Å². The van der Waals surface area contributed by atoms with E-state index in [1.54, 1.807) is 30.7 Å². The third-order valence-electron chi connectivity index (χ3n) is 6.51. The van der Waals surface area contributed by atoms with Gasteiger partial charge < -0.3 is 9.47 Å². The zero-order valence-electron chi connectivity index (χ0n) is 21.4. The van der Waals surface area contributed by atoms with Crippen molar-refractivity contribution in [3.05, 3.63) is 108 Å². The number of methoxy groups -OCH3 is 1. The van der Waals surface area contributed by atoms with E-state index in [0.717, 1.165) is 28.3 Å². The third-order valence-corrected chi connectivity index (χ3v) is 7.84. The summed E-state index contributed by atoms with van der Waals surface area (Å²) in [5, 5.41) is 2.40. The number of hydrogen-bond donors (Lipinski definition) is 0. The van der Waals surface area contributed by atoms with Crippen molar-refractivity contribution >= 4 is 45.8 Å². The summed E-state index contributed by atoms with van der Waals surface area (Å²) in [6.45, 7) is 4.01. The Kier molecular flexibility index (Phi) is 7.49. The first-order chi connectivity index (χ1) is 18.5. The van der Waals surface area contributed by atoms with E-state index in [4.69, 9.17) is 26.1 Å².